The summed E-state index contributed by atoms with van der Waals surface area (Å²) in [5.74, 6) is 1.29. The summed E-state index contributed by atoms with van der Waals surface area (Å²) in [5, 5.41) is 4.20. The molecule has 0 aliphatic heterocycles. The van der Waals surface area contributed by atoms with Crippen LogP contribution in [0.5, 0.6) is 0 Å². The summed E-state index contributed by atoms with van der Waals surface area (Å²) in [6.45, 7) is 8.93. The van der Waals surface area contributed by atoms with E-state index in [1.807, 2.05) is 13.0 Å². The molecular formula is C14H19N3O3. The van der Waals surface area contributed by atoms with Gasteiger partial charge in [0.1, 0.15) is 11.4 Å². The van der Waals surface area contributed by atoms with Gasteiger partial charge in [-0.1, -0.05) is 0 Å². The molecule has 108 valence electrons. The Morgan fingerprint density at radius 2 is 2.00 bits per heavy atom. The number of anilines is 1. The molecule has 0 aromatic carbocycles. The predicted octanol–water partition coefficient (Wildman–Crippen LogP) is 3.13. The van der Waals surface area contributed by atoms with Gasteiger partial charge in [-0.15, -0.1) is 0 Å². The van der Waals surface area contributed by atoms with Crippen LogP contribution in [-0.2, 0) is 4.74 Å². The highest BCUT2D eigenvalue weighted by Crippen LogP contribution is 2.29. The van der Waals surface area contributed by atoms with Crippen molar-refractivity contribution in [2.24, 2.45) is 0 Å². The Hall–Kier alpha value is -2.24. The first kappa shape index (κ1) is 14.2. The second kappa shape index (κ2) is 4.70. The van der Waals surface area contributed by atoms with Crippen molar-refractivity contribution in [2.45, 2.75) is 40.2 Å². The zero-order valence-corrected chi connectivity index (χ0v) is 12.4. The van der Waals surface area contributed by atoms with Crippen LogP contribution in [0.15, 0.2) is 16.5 Å². The van der Waals surface area contributed by atoms with Crippen molar-refractivity contribution in [3.8, 4) is 11.5 Å². The van der Waals surface area contributed by atoms with Crippen LogP contribution < -0.4 is 5.73 Å². The number of ether oxygens (including phenoxy) is 1. The fourth-order valence-electron chi connectivity index (χ4n) is 1.74. The number of hydrogen-bond acceptors (Lipinski definition) is 5. The number of nitrogens with zero attached hydrogens (tertiary/aromatic N) is 2. The summed E-state index contributed by atoms with van der Waals surface area (Å²) in [5.41, 5.74) is 6.79. The fraction of sp³-hybridized carbons (Fsp3) is 0.429. The van der Waals surface area contributed by atoms with Gasteiger partial charge in [-0.2, -0.15) is 9.78 Å². The number of nitrogens with two attached hydrogens (primary N) is 1. The molecule has 0 fully saturated rings. The van der Waals surface area contributed by atoms with Crippen molar-refractivity contribution < 1.29 is 13.9 Å². The summed E-state index contributed by atoms with van der Waals surface area (Å²) in [6.07, 6.45) is -0.559. The molecule has 0 aliphatic rings. The molecule has 6 nitrogen and oxygen atoms in total. The van der Waals surface area contributed by atoms with E-state index in [0.717, 1.165) is 10.4 Å². The summed E-state index contributed by atoms with van der Waals surface area (Å²) in [4.78, 5) is 12.1. The van der Waals surface area contributed by atoms with Crippen molar-refractivity contribution in [2.75, 3.05) is 5.73 Å². The molecule has 2 heterocycles. The maximum absolute atomic E-state index is 12.1. The van der Waals surface area contributed by atoms with E-state index in [1.54, 1.807) is 33.8 Å². The van der Waals surface area contributed by atoms with Crippen LogP contribution in [0.2, 0.25) is 0 Å². The fourth-order valence-corrected chi connectivity index (χ4v) is 1.74. The van der Waals surface area contributed by atoms with Gasteiger partial charge in [0, 0.05) is 0 Å². The van der Waals surface area contributed by atoms with Gasteiger partial charge < -0.3 is 14.9 Å². The quantitative estimate of drug-likeness (QED) is 0.865. The van der Waals surface area contributed by atoms with E-state index in [0.29, 0.717) is 22.8 Å². The summed E-state index contributed by atoms with van der Waals surface area (Å²) in [7, 11) is 0. The molecule has 0 unspecified atom stereocenters. The zero-order valence-electron chi connectivity index (χ0n) is 12.4. The number of furan rings is 1. The molecule has 0 radical (unpaired) electrons. The monoisotopic (exact) mass is 277 g/mol. The molecule has 0 saturated heterocycles. The predicted molar refractivity (Wildman–Crippen MR) is 75.4 cm³/mol. The third kappa shape index (κ3) is 2.68. The Morgan fingerprint density at radius 1 is 1.35 bits per heavy atom. The molecule has 0 amide bonds. The Labute approximate surface area is 117 Å². The second-order valence-corrected chi connectivity index (χ2v) is 5.65. The lowest BCUT2D eigenvalue weighted by molar-refractivity contribution is 0.0511. The van der Waals surface area contributed by atoms with Gasteiger partial charge in [-0.25, -0.2) is 4.79 Å². The minimum Gasteiger partial charge on any atom is -0.460 e. The van der Waals surface area contributed by atoms with Gasteiger partial charge in [0.2, 0.25) is 0 Å². The number of carbonyl (C=O) groups excluding carboxylic acids is 1. The molecule has 2 rings (SSSR count). The Bertz CT molecular complexity index is 647. The molecule has 2 aromatic heterocycles. The van der Waals surface area contributed by atoms with Crippen LogP contribution in [0.4, 0.5) is 10.5 Å². The first-order valence-electron chi connectivity index (χ1n) is 6.34. The van der Waals surface area contributed by atoms with Gasteiger partial charge in [0.05, 0.1) is 11.4 Å². The number of hydrogen-bond donors (Lipinski definition) is 1. The van der Waals surface area contributed by atoms with Crippen LogP contribution in [-0.4, -0.2) is 21.5 Å². The maximum atomic E-state index is 12.1. The molecule has 6 heteroatoms. The molecule has 2 aromatic rings. The second-order valence-electron chi connectivity index (χ2n) is 5.65. The van der Waals surface area contributed by atoms with Gasteiger partial charge in [0.25, 0.3) is 0 Å². The van der Waals surface area contributed by atoms with E-state index in [4.69, 9.17) is 14.9 Å². The third-order valence-electron chi connectivity index (χ3n) is 2.70. The van der Waals surface area contributed by atoms with Gasteiger partial charge >= 0.3 is 6.09 Å². The number of nitrogen functional groups attached to an aromatic ring is 1. The molecular weight excluding hydrogens is 258 g/mol. The number of carbonyl (C=O) groups is 1. The molecule has 2 N–H and O–H groups in total. The summed E-state index contributed by atoms with van der Waals surface area (Å²) in [6, 6.07) is 3.59. The molecule has 0 bridgehead atoms. The van der Waals surface area contributed by atoms with Crippen LogP contribution in [0, 0.1) is 13.8 Å². The standard InChI is InChI=1S/C14H19N3O3/c1-8-6-7-10(19-8)12-11(15)9(2)17(16-12)13(18)20-14(3,4)5/h6-7H,15H2,1-5H3. The minimum atomic E-state index is -0.592. The van der Waals surface area contributed by atoms with Crippen molar-refractivity contribution in [1.29, 1.82) is 0 Å². The normalized spacial score (nSPS) is 11.7. The zero-order chi connectivity index (χ0) is 15.1. The van der Waals surface area contributed by atoms with Crippen LogP contribution in [0.25, 0.3) is 11.5 Å². The van der Waals surface area contributed by atoms with E-state index >= 15 is 0 Å². The average molecular weight is 277 g/mol. The van der Waals surface area contributed by atoms with Gasteiger partial charge in [-0.3, -0.25) is 0 Å². The Balaban J connectivity index is 2.40. The van der Waals surface area contributed by atoms with E-state index in [1.165, 1.54) is 0 Å². The summed E-state index contributed by atoms with van der Waals surface area (Å²) >= 11 is 0. The topological polar surface area (TPSA) is 83.3 Å². The lowest BCUT2D eigenvalue weighted by Gasteiger charge is -2.19. The van der Waals surface area contributed by atoms with Crippen molar-refractivity contribution in [3.63, 3.8) is 0 Å². The molecule has 0 spiro atoms. The number of rotatable bonds is 1. The average Bonchev–Trinajstić information content (AvgIpc) is 2.83. The Morgan fingerprint density at radius 3 is 2.50 bits per heavy atom. The minimum absolute atomic E-state index is 0.408. The van der Waals surface area contributed by atoms with Crippen molar-refractivity contribution in [3.05, 3.63) is 23.6 Å². The van der Waals surface area contributed by atoms with Crippen LogP contribution >= 0.6 is 0 Å². The van der Waals surface area contributed by atoms with Crippen molar-refractivity contribution in [1.82, 2.24) is 9.78 Å². The SMILES string of the molecule is Cc1ccc(-c2nn(C(=O)OC(C)(C)C)c(C)c2N)o1. The lowest BCUT2D eigenvalue weighted by Crippen LogP contribution is -2.28. The highest BCUT2D eigenvalue weighted by Gasteiger charge is 2.24. The molecule has 20 heavy (non-hydrogen) atoms. The molecule has 0 saturated carbocycles. The van der Waals surface area contributed by atoms with E-state index in [2.05, 4.69) is 5.10 Å². The molecule has 0 aliphatic carbocycles. The van der Waals surface area contributed by atoms with E-state index < -0.39 is 11.7 Å². The first-order valence-corrected chi connectivity index (χ1v) is 6.34. The highest BCUT2D eigenvalue weighted by atomic mass is 16.6. The molecule has 0 atom stereocenters. The van der Waals surface area contributed by atoms with Crippen LogP contribution in [0.3, 0.4) is 0 Å². The number of aryl methyl sites for hydroxylation is 1. The highest BCUT2D eigenvalue weighted by molar-refractivity contribution is 5.78. The summed E-state index contributed by atoms with van der Waals surface area (Å²) < 4.78 is 11.9. The third-order valence-corrected chi connectivity index (χ3v) is 2.70. The maximum Gasteiger partial charge on any atom is 0.435 e. The largest absolute Gasteiger partial charge is 0.460 e. The van der Waals surface area contributed by atoms with Gasteiger partial charge in [0.15, 0.2) is 11.5 Å². The van der Waals surface area contributed by atoms with E-state index in [9.17, 15) is 4.79 Å². The van der Waals surface area contributed by atoms with E-state index in [-0.39, 0.29) is 0 Å². The van der Waals surface area contributed by atoms with Gasteiger partial charge in [-0.05, 0) is 46.8 Å². The Kier molecular flexibility index (Phi) is 3.33. The smallest absolute Gasteiger partial charge is 0.435 e. The van der Waals surface area contributed by atoms with Crippen molar-refractivity contribution >= 4 is 11.8 Å². The number of aromatic nitrogens is 2. The lowest BCUT2D eigenvalue weighted by atomic mass is 10.2. The first-order chi connectivity index (χ1) is 9.19. The van der Waals surface area contributed by atoms with Crippen LogP contribution in [0.1, 0.15) is 32.2 Å².